The van der Waals surface area contributed by atoms with Crippen molar-refractivity contribution in [3.63, 3.8) is 0 Å². The van der Waals surface area contributed by atoms with Crippen LogP contribution in [0.3, 0.4) is 0 Å². The van der Waals surface area contributed by atoms with E-state index in [1.165, 1.54) is 0 Å². The number of aromatic nitrogens is 1. The summed E-state index contributed by atoms with van der Waals surface area (Å²) in [5, 5.41) is 9.88. The molecule has 0 aromatic carbocycles. The lowest BCUT2D eigenvalue weighted by atomic mass is 9.86. The topological polar surface area (TPSA) is 62.7 Å². The monoisotopic (exact) mass is 340 g/mol. The number of hydrogen-bond acceptors (Lipinski definition) is 5. The third kappa shape index (κ3) is 3.20. The molecule has 0 bridgehead atoms. The van der Waals surface area contributed by atoms with Gasteiger partial charge in [0.25, 0.3) is 0 Å². The Morgan fingerprint density at radius 1 is 1.44 bits per heavy atom. The minimum atomic E-state index is -0.670. The fourth-order valence-corrected chi connectivity index (χ4v) is 3.50. The van der Waals surface area contributed by atoms with Gasteiger partial charge in [0, 0.05) is 38.4 Å². The van der Waals surface area contributed by atoms with Crippen molar-refractivity contribution >= 4 is 11.5 Å². The molecule has 1 N–H and O–H groups in total. The van der Waals surface area contributed by atoms with Gasteiger partial charge in [-0.25, -0.2) is 0 Å². The molecule has 1 aromatic rings. The Morgan fingerprint density at radius 3 is 2.68 bits per heavy atom. The Morgan fingerprint density at radius 2 is 2.12 bits per heavy atom. The minimum absolute atomic E-state index is 0.0447. The summed E-state index contributed by atoms with van der Waals surface area (Å²) in [6.07, 6.45) is 8.68. The summed E-state index contributed by atoms with van der Waals surface area (Å²) >= 11 is 0. The normalized spacial score (nSPS) is 20.9. The second-order valence-corrected chi connectivity index (χ2v) is 7.05. The van der Waals surface area contributed by atoms with Crippen LogP contribution in [-0.4, -0.2) is 46.6 Å². The second kappa shape index (κ2) is 6.62. The van der Waals surface area contributed by atoms with Gasteiger partial charge in [0.05, 0.1) is 28.7 Å². The Labute approximate surface area is 148 Å². The van der Waals surface area contributed by atoms with Crippen molar-refractivity contribution in [1.82, 2.24) is 9.88 Å². The number of carbonyl (C=O) groups excluding carboxylic acids is 1. The van der Waals surface area contributed by atoms with Crippen molar-refractivity contribution in [3.8, 4) is 12.3 Å². The van der Waals surface area contributed by atoms with Gasteiger partial charge in [0.2, 0.25) is 0 Å². The van der Waals surface area contributed by atoms with E-state index in [0.29, 0.717) is 11.3 Å². The molecule has 1 atom stereocenters. The number of terminal acetylenes is 1. The zero-order valence-electron chi connectivity index (χ0n) is 15.0. The summed E-state index contributed by atoms with van der Waals surface area (Å²) < 4.78 is 5.62. The molecule has 0 unspecified atom stereocenters. The van der Waals surface area contributed by atoms with Crippen molar-refractivity contribution in [1.29, 1.82) is 0 Å². The van der Waals surface area contributed by atoms with Crippen LogP contribution in [0.15, 0.2) is 17.8 Å². The molecule has 0 saturated carbocycles. The van der Waals surface area contributed by atoms with Crippen LogP contribution in [0.1, 0.15) is 49.6 Å². The number of hydrogen-bond donors (Lipinski definition) is 1. The number of aliphatic hydroxyl groups is 1. The Balaban J connectivity index is 2.05. The third-order valence-electron chi connectivity index (χ3n) is 5.33. The molecule has 3 rings (SSSR count). The first-order chi connectivity index (χ1) is 11.9. The smallest absolute Gasteiger partial charge is 0.177 e. The maximum absolute atomic E-state index is 12.5. The summed E-state index contributed by atoms with van der Waals surface area (Å²) in [4.78, 5) is 19.0. The van der Waals surface area contributed by atoms with E-state index >= 15 is 0 Å². The number of methoxy groups -OCH3 is 1. The number of fused-ring (bicyclic) bond motifs is 1. The highest BCUT2D eigenvalue weighted by molar-refractivity contribution is 6.10. The van der Waals surface area contributed by atoms with Crippen LogP contribution in [0.2, 0.25) is 0 Å². The molecule has 2 heterocycles. The lowest BCUT2D eigenvalue weighted by Gasteiger charge is -2.41. The predicted molar refractivity (Wildman–Crippen MR) is 95.6 cm³/mol. The van der Waals surface area contributed by atoms with Crippen molar-refractivity contribution in [3.05, 3.63) is 34.7 Å². The molecular formula is C20H24N2O3. The van der Waals surface area contributed by atoms with Crippen LogP contribution < -0.4 is 0 Å². The van der Waals surface area contributed by atoms with Crippen molar-refractivity contribution < 1.29 is 14.6 Å². The molecule has 25 heavy (non-hydrogen) atoms. The number of piperidine rings is 1. The fourth-order valence-electron chi connectivity index (χ4n) is 3.50. The third-order valence-corrected chi connectivity index (χ3v) is 5.33. The summed E-state index contributed by atoms with van der Waals surface area (Å²) in [6, 6.07) is 1.86. The fraction of sp³-hybridized carbons (Fsp3) is 0.500. The number of carbonyl (C=O) groups is 1. The zero-order chi connectivity index (χ0) is 18.2. The van der Waals surface area contributed by atoms with Crippen LogP contribution in [-0.2, 0) is 16.0 Å². The summed E-state index contributed by atoms with van der Waals surface area (Å²) in [7, 11) is 1.74. The number of nitrogens with zero attached hydrogens (tertiary/aromatic N) is 2. The highest BCUT2D eigenvalue weighted by Gasteiger charge is 2.35. The highest BCUT2D eigenvalue weighted by Crippen LogP contribution is 2.36. The van der Waals surface area contributed by atoms with Crippen molar-refractivity contribution in [2.24, 2.45) is 0 Å². The summed E-state index contributed by atoms with van der Waals surface area (Å²) in [5.74, 6) is 2.55. The average Bonchev–Trinajstić information content (AvgIpc) is 2.61. The van der Waals surface area contributed by atoms with E-state index in [1.807, 2.05) is 6.07 Å². The first kappa shape index (κ1) is 17.7. The number of ether oxygens (including phenoxy) is 1. The van der Waals surface area contributed by atoms with Gasteiger partial charge >= 0.3 is 0 Å². The van der Waals surface area contributed by atoms with Crippen LogP contribution in [0.4, 0.5) is 0 Å². The number of likely N-dealkylation sites (tertiary alicyclic amines) is 1. The molecule has 132 valence electrons. The largest absolute Gasteiger partial charge is 0.387 e. The van der Waals surface area contributed by atoms with Crippen LogP contribution in [0.25, 0.3) is 5.70 Å². The molecule has 5 heteroatoms. The zero-order valence-corrected chi connectivity index (χ0v) is 15.0. The van der Waals surface area contributed by atoms with Crippen LogP contribution in [0.5, 0.6) is 0 Å². The average molecular weight is 340 g/mol. The lowest BCUT2D eigenvalue weighted by Crippen LogP contribution is -2.43. The highest BCUT2D eigenvalue weighted by atomic mass is 16.5. The van der Waals surface area contributed by atoms with E-state index in [0.717, 1.165) is 42.8 Å². The number of allylic oxidation sites excluding steroid dienone is 1. The van der Waals surface area contributed by atoms with Crippen LogP contribution >= 0.6 is 0 Å². The molecule has 1 aromatic heterocycles. The van der Waals surface area contributed by atoms with Gasteiger partial charge in [0.15, 0.2) is 5.78 Å². The van der Waals surface area contributed by atoms with E-state index < -0.39 is 6.10 Å². The van der Waals surface area contributed by atoms with Crippen molar-refractivity contribution in [2.45, 2.75) is 44.8 Å². The predicted octanol–water partition coefficient (Wildman–Crippen LogP) is 2.11. The minimum Gasteiger partial charge on any atom is -0.387 e. The second-order valence-electron chi connectivity index (χ2n) is 7.05. The van der Waals surface area contributed by atoms with Gasteiger partial charge in [-0.3, -0.25) is 9.78 Å². The van der Waals surface area contributed by atoms with E-state index in [9.17, 15) is 9.90 Å². The molecule has 1 fully saturated rings. The molecule has 1 aliphatic heterocycles. The van der Waals surface area contributed by atoms with E-state index in [2.05, 4.69) is 22.7 Å². The Hall–Kier alpha value is -2.16. The van der Waals surface area contributed by atoms with E-state index in [4.69, 9.17) is 11.2 Å². The van der Waals surface area contributed by atoms with E-state index in [1.54, 1.807) is 20.2 Å². The number of ketones is 1. The molecular weight excluding hydrogens is 316 g/mol. The number of aliphatic hydroxyl groups excluding tert-OH is 1. The first-order valence-electron chi connectivity index (χ1n) is 8.60. The van der Waals surface area contributed by atoms with Crippen molar-refractivity contribution in [2.75, 3.05) is 20.2 Å². The van der Waals surface area contributed by atoms with Gasteiger partial charge in [-0.15, -0.1) is 6.42 Å². The number of rotatable bonds is 3. The molecule has 0 spiro atoms. The van der Waals surface area contributed by atoms with Gasteiger partial charge in [-0.05, 0) is 38.3 Å². The van der Waals surface area contributed by atoms with Gasteiger partial charge in [-0.1, -0.05) is 5.92 Å². The Kier molecular flexibility index (Phi) is 4.68. The molecule has 1 saturated heterocycles. The summed E-state index contributed by atoms with van der Waals surface area (Å²) in [5.41, 5.74) is 3.45. The molecule has 5 nitrogen and oxygen atoms in total. The van der Waals surface area contributed by atoms with E-state index in [-0.39, 0.29) is 17.8 Å². The molecule has 0 radical (unpaired) electrons. The molecule has 1 aliphatic carbocycles. The maximum atomic E-state index is 12.5. The molecule has 0 amide bonds. The van der Waals surface area contributed by atoms with Crippen LogP contribution in [0, 0.1) is 12.3 Å². The SMILES string of the molecule is C#CC1=C(N2CCC(C)(OC)CC2)c2cc([C@@H](C)O)ncc2CC1=O. The van der Waals surface area contributed by atoms with Gasteiger partial charge in [0.1, 0.15) is 0 Å². The lowest BCUT2D eigenvalue weighted by molar-refractivity contribution is -0.114. The maximum Gasteiger partial charge on any atom is 0.177 e. The number of Topliss-reactive ketones (excluding diaryl/α,β-unsaturated/α-hetero) is 1. The van der Waals surface area contributed by atoms with Gasteiger partial charge < -0.3 is 14.7 Å². The number of pyridine rings is 1. The summed E-state index contributed by atoms with van der Waals surface area (Å²) in [6.45, 7) is 5.32. The Bertz CT molecular complexity index is 766. The quantitative estimate of drug-likeness (QED) is 0.854. The first-order valence-corrected chi connectivity index (χ1v) is 8.60. The van der Waals surface area contributed by atoms with Gasteiger partial charge in [-0.2, -0.15) is 0 Å². The molecule has 2 aliphatic rings. The standard InChI is InChI=1S/C20H24N2O3/c1-5-15-18(24)10-14-12-21-17(13(2)23)11-16(14)19(15)22-8-6-20(3,25-4)7-9-22/h1,11-13,23H,6-10H2,2-4H3/t13-/m1/s1.